The second kappa shape index (κ2) is 8.60. The predicted molar refractivity (Wildman–Crippen MR) is 96.6 cm³/mol. The summed E-state index contributed by atoms with van der Waals surface area (Å²) in [6.07, 6.45) is -1.13. The molecule has 3 rings (SSSR count). The second-order valence-electron chi connectivity index (χ2n) is 6.18. The number of halogens is 1. The summed E-state index contributed by atoms with van der Waals surface area (Å²) in [4.78, 5) is 24.2. The number of hydrogen-bond donors (Lipinski definition) is 1. The van der Waals surface area contributed by atoms with Crippen LogP contribution in [0.5, 0.6) is 17.2 Å². The van der Waals surface area contributed by atoms with Gasteiger partial charge in [0.2, 0.25) is 6.79 Å². The molecule has 28 heavy (non-hydrogen) atoms. The van der Waals surface area contributed by atoms with Crippen LogP contribution in [0.15, 0.2) is 36.4 Å². The van der Waals surface area contributed by atoms with Gasteiger partial charge in [0, 0.05) is 6.54 Å². The molecule has 1 amide bonds. The summed E-state index contributed by atoms with van der Waals surface area (Å²) in [5.41, 5.74) is 1.25. The van der Waals surface area contributed by atoms with Crippen LogP contribution >= 0.6 is 0 Å². The molecule has 0 fully saturated rings. The molecule has 7 nitrogen and oxygen atoms in total. The highest BCUT2D eigenvalue weighted by Crippen LogP contribution is 2.32. The standard InChI is InChI=1S/C20H20FNO6/c1-12(28-19(23)9-13-3-5-16(25-2)15(21)7-13)20(24)22-10-14-4-6-17-18(8-14)27-11-26-17/h3-8,12H,9-11H2,1-2H3,(H,22,24)/t12-/m1/s1. The number of hydrogen-bond acceptors (Lipinski definition) is 6. The first-order valence-corrected chi connectivity index (χ1v) is 8.64. The van der Waals surface area contributed by atoms with Crippen molar-refractivity contribution >= 4 is 11.9 Å². The number of rotatable bonds is 7. The Morgan fingerprint density at radius 3 is 2.64 bits per heavy atom. The molecular weight excluding hydrogens is 369 g/mol. The Labute approximate surface area is 161 Å². The molecule has 2 aromatic rings. The van der Waals surface area contributed by atoms with Gasteiger partial charge in [0.25, 0.3) is 5.91 Å². The number of methoxy groups -OCH3 is 1. The van der Waals surface area contributed by atoms with Gasteiger partial charge >= 0.3 is 5.97 Å². The third kappa shape index (κ3) is 4.70. The van der Waals surface area contributed by atoms with E-state index in [1.54, 1.807) is 18.2 Å². The van der Waals surface area contributed by atoms with E-state index in [1.807, 2.05) is 6.07 Å². The Morgan fingerprint density at radius 2 is 1.89 bits per heavy atom. The van der Waals surface area contributed by atoms with Crippen molar-refractivity contribution in [2.75, 3.05) is 13.9 Å². The molecule has 0 aliphatic carbocycles. The minimum atomic E-state index is -0.982. The number of carbonyl (C=O) groups is 2. The lowest BCUT2D eigenvalue weighted by Gasteiger charge is -2.14. The number of benzene rings is 2. The van der Waals surface area contributed by atoms with Crippen LogP contribution in [0.4, 0.5) is 4.39 Å². The number of fused-ring (bicyclic) bond motifs is 1. The van der Waals surface area contributed by atoms with Gasteiger partial charge in [-0.15, -0.1) is 0 Å². The maximum Gasteiger partial charge on any atom is 0.311 e. The Morgan fingerprint density at radius 1 is 1.14 bits per heavy atom. The van der Waals surface area contributed by atoms with Crippen LogP contribution in [0.25, 0.3) is 0 Å². The molecule has 1 atom stereocenters. The summed E-state index contributed by atoms with van der Waals surface area (Å²) >= 11 is 0. The highest BCUT2D eigenvalue weighted by molar-refractivity contribution is 5.83. The number of nitrogens with one attached hydrogen (secondary N) is 1. The monoisotopic (exact) mass is 389 g/mol. The summed E-state index contributed by atoms with van der Waals surface area (Å²) in [6.45, 7) is 1.90. The van der Waals surface area contributed by atoms with E-state index in [2.05, 4.69) is 5.32 Å². The second-order valence-corrected chi connectivity index (χ2v) is 6.18. The van der Waals surface area contributed by atoms with Crippen LogP contribution in [0, 0.1) is 5.82 Å². The minimum absolute atomic E-state index is 0.0911. The fourth-order valence-electron chi connectivity index (χ4n) is 2.66. The van der Waals surface area contributed by atoms with E-state index in [9.17, 15) is 14.0 Å². The van der Waals surface area contributed by atoms with Crippen molar-refractivity contribution in [2.45, 2.75) is 26.0 Å². The van der Waals surface area contributed by atoms with Crippen LogP contribution in [0.3, 0.4) is 0 Å². The first kappa shape index (κ1) is 19.5. The van der Waals surface area contributed by atoms with E-state index >= 15 is 0 Å². The summed E-state index contributed by atoms with van der Waals surface area (Å²) < 4.78 is 34.2. The quantitative estimate of drug-likeness (QED) is 0.732. The summed E-state index contributed by atoms with van der Waals surface area (Å²) in [6, 6.07) is 9.54. The third-order valence-electron chi connectivity index (χ3n) is 4.15. The maximum atomic E-state index is 13.7. The molecule has 148 valence electrons. The van der Waals surface area contributed by atoms with E-state index in [0.717, 1.165) is 5.56 Å². The van der Waals surface area contributed by atoms with Crippen LogP contribution < -0.4 is 19.5 Å². The van der Waals surface area contributed by atoms with Crippen LogP contribution in [-0.2, 0) is 27.3 Å². The molecule has 0 aromatic heterocycles. The number of carbonyl (C=O) groups excluding carboxylic acids is 2. The van der Waals surface area contributed by atoms with Gasteiger partial charge in [-0.2, -0.15) is 0 Å². The summed E-state index contributed by atoms with van der Waals surface area (Å²) in [7, 11) is 1.36. The van der Waals surface area contributed by atoms with E-state index in [0.29, 0.717) is 17.1 Å². The SMILES string of the molecule is COc1ccc(CC(=O)O[C@H](C)C(=O)NCc2ccc3c(c2)OCO3)cc1F. The van der Waals surface area contributed by atoms with Gasteiger partial charge in [-0.25, -0.2) is 4.39 Å². The molecule has 1 aliphatic heterocycles. The summed E-state index contributed by atoms with van der Waals surface area (Å²) in [5, 5.41) is 2.69. The largest absolute Gasteiger partial charge is 0.494 e. The molecule has 0 spiro atoms. The number of amides is 1. The lowest BCUT2D eigenvalue weighted by molar-refractivity contribution is -0.154. The fourth-order valence-corrected chi connectivity index (χ4v) is 2.66. The molecular formula is C20H20FNO6. The normalized spacial score (nSPS) is 13.0. The van der Waals surface area contributed by atoms with E-state index < -0.39 is 23.8 Å². The first-order valence-electron chi connectivity index (χ1n) is 8.64. The molecule has 8 heteroatoms. The van der Waals surface area contributed by atoms with E-state index in [1.165, 1.54) is 26.2 Å². The summed E-state index contributed by atoms with van der Waals surface area (Å²) in [5.74, 6) is -0.261. The predicted octanol–water partition coefficient (Wildman–Crippen LogP) is 2.35. The number of ether oxygens (including phenoxy) is 4. The van der Waals surface area contributed by atoms with Gasteiger partial charge in [-0.1, -0.05) is 12.1 Å². The molecule has 2 aromatic carbocycles. The van der Waals surface area contributed by atoms with Crippen molar-refractivity contribution in [3.8, 4) is 17.2 Å². The molecule has 0 radical (unpaired) electrons. The zero-order chi connectivity index (χ0) is 20.1. The average molecular weight is 389 g/mol. The fraction of sp³-hybridized carbons (Fsp3) is 0.300. The highest BCUT2D eigenvalue weighted by atomic mass is 19.1. The molecule has 0 saturated carbocycles. The first-order chi connectivity index (χ1) is 13.5. The van der Waals surface area contributed by atoms with Gasteiger partial charge in [0.1, 0.15) is 0 Å². The lowest BCUT2D eigenvalue weighted by Crippen LogP contribution is -2.35. The van der Waals surface area contributed by atoms with Crippen molar-refractivity contribution in [3.05, 3.63) is 53.3 Å². The zero-order valence-corrected chi connectivity index (χ0v) is 15.5. The van der Waals surface area contributed by atoms with Crippen LogP contribution in [0.1, 0.15) is 18.1 Å². The van der Waals surface area contributed by atoms with Gasteiger partial charge in [-0.05, 0) is 42.3 Å². The van der Waals surface area contributed by atoms with Crippen molar-refractivity contribution in [1.82, 2.24) is 5.32 Å². The molecule has 1 heterocycles. The van der Waals surface area contributed by atoms with Gasteiger partial charge in [0.15, 0.2) is 29.2 Å². The van der Waals surface area contributed by atoms with Crippen molar-refractivity contribution < 1.29 is 32.9 Å². The third-order valence-corrected chi connectivity index (χ3v) is 4.15. The van der Waals surface area contributed by atoms with Crippen LogP contribution in [0.2, 0.25) is 0 Å². The Balaban J connectivity index is 1.48. The Hall–Kier alpha value is -3.29. The minimum Gasteiger partial charge on any atom is -0.494 e. The lowest BCUT2D eigenvalue weighted by atomic mass is 10.1. The smallest absolute Gasteiger partial charge is 0.311 e. The molecule has 1 N–H and O–H groups in total. The average Bonchev–Trinajstić information content (AvgIpc) is 3.14. The molecule has 0 bridgehead atoms. The van der Waals surface area contributed by atoms with E-state index in [-0.39, 0.29) is 25.5 Å². The van der Waals surface area contributed by atoms with Crippen molar-refractivity contribution in [2.24, 2.45) is 0 Å². The van der Waals surface area contributed by atoms with Gasteiger partial charge in [0.05, 0.1) is 13.5 Å². The topological polar surface area (TPSA) is 83.1 Å². The molecule has 0 unspecified atom stereocenters. The Bertz CT molecular complexity index is 885. The molecule has 0 saturated heterocycles. The number of esters is 1. The van der Waals surface area contributed by atoms with E-state index in [4.69, 9.17) is 18.9 Å². The van der Waals surface area contributed by atoms with Crippen LogP contribution in [-0.4, -0.2) is 31.9 Å². The molecule has 1 aliphatic rings. The Kier molecular flexibility index (Phi) is 5.98. The highest BCUT2D eigenvalue weighted by Gasteiger charge is 2.19. The van der Waals surface area contributed by atoms with Crippen molar-refractivity contribution in [1.29, 1.82) is 0 Å². The van der Waals surface area contributed by atoms with Crippen molar-refractivity contribution in [3.63, 3.8) is 0 Å². The van der Waals surface area contributed by atoms with Gasteiger partial charge < -0.3 is 24.3 Å². The zero-order valence-electron chi connectivity index (χ0n) is 15.5. The maximum absolute atomic E-state index is 13.7. The van der Waals surface area contributed by atoms with Gasteiger partial charge in [-0.3, -0.25) is 9.59 Å².